The molecule has 0 radical (unpaired) electrons. The highest BCUT2D eigenvalue weighted by Crippen LogP contribution is 2.38. The van der Waals surface area contributed by atoms with E-state index < -0.39 is 5.82 Å². The van der Waals surface area contributed by atoms with Crippen LogP contribution in [0.3, 0.4) is 0 Å². The van der Waals surface area contributed by atoms with Gasteiger partial charge < -0.3 is 20.9 Å². The van der Waals surface area contributed by atoms with Crippen LogP contribution in [0.5, 0.6) is 0 Å². The number of hydrogen-bond acceptors (Lipinski definition) is 4. The molecule has 2 amide bonds. The Labute approximate surface area is 233 Å². The van der Waals surface area contributed by atoms with E-state index in [1.54, 1.807) is 18.2 Å². The molecule has 0 fully saturated rings. The molecule has 3 N–H and O–H groups in total. The van der Waals surface area contributed by atoms with E-state index in [4.69, 9.17) is 0 Å². The summed E-state index contributed by atoms with van der Waals surface area (Å²) < 4.78 is 13.9. The Hall–Kier alpha value is -4.75. The van der Waals surface area contributed by atoms with Crippen molar-refractivity contribution in [3.63, 3.8) is 0 Å². The van der Waals surface area contributed by atoms with Crippen LogP contribution in [0.15, 0.2) is 97.1 Å². The highest BCUT2D eigenvalue weighted by Gasteiger charge is 2.29. The van der Waals surface area contributed by atoms with Gasteiger partial charge in [0.25, 0.3) is 11.8 Å². The van der Waals surface area contributed by atoms with Gasteiger partial charge in [-0.2, -0.15) is 0 Å². The average molecular weight is 535 g/mol. The number of benzene rings is 4. The lowest BCUT2D eigenvalue weighted by Gasteiger charge is -2.17. The van der Waals surface area contributed by atoms with Crippen molar-refractivity contribution in [3.8, 4) is 0 Å². The van der Waals surface area contributed by atoms with Gasteiger partial charge in [-0.1, -0.05) is 48.5 Å². The minimum Gasteiger partial charge on any atom is -0.354 e. The van der Waals surface area contributed by atoms with Crippen LogP contribution >= 0.6 is 0 Å². The summed E-state index contributed by atoms with van der Waals surface area (Å²) in [7, 11) is 4.04. The number of hydrogen-bond donors (Lipinski definition) is 3. The van der Waals surface area contributed by atoms with E-state index in [1.807, 2.05) is 68.7 Å². The van der Waals surface area contributed by atoms with Crippen LogP contribution < -0.4 is 16.0 Å². The normalized spacial score (nSPS) is 13.6. The van der Waals surface area contributed by atoms with Crippen molar-refractivity contribution in [2.24, 2.45) is 0 Å². The molecule has 4 aromatic rings. The third kappa shape index (κ3) is 6.27. The van der Waals surface area contributed by atoms with Gasteiger partial charge in [0.15, 0.2) is 0 Å². The van der Waals surface area contributed by atoms with Crippen LogP contribution in [0.25, 0.3) is 11.3 Å². The Morgan fingerprint density at radius 3 is 2.35 bits per heavy atom. The number of nitrogens with one attached hydrogen (secondary N) is 3. The van der Waals surface area contributed by atoms with Crippen molar-refractivity contribution < 1.29 is 14.0 Å². The molecule has 7 heteroatoms. The van der Waals surface area contributed by atoms with E-state index in [2.05, 4.69) is 33.0 Å². The zero-order chi connectivity index (χ0) is 28.1. The van der Waals surface area contributed by atoms with E-state index in [9.17, 15) is 14.0 Å². The molecule has 0 spiro atoms. The van der Waals surface area contributed by atoms with Gasteiger partial charge in [0.2, 0.25) is 0 Å². The predicted octanol–water partition coefficient (Wildman–Crippen LogP) is 5.79. The van der Waals surface area contributed by atoms with E-state index in [0.717, 1.165) is 23.4 Å². The first-order valence-corrected chi connectivity index (χ1v) is 13.2. The van der Waals surface area contributed by atoms with Crippen LogP contribution in [-0.4, -0.2) is 37.4 Å². The minimum absolute atomic E-state index is 0.120. The first-order chi connectivity index (χ1) is 19.4. The van der Waals surface area contributed by atoms with Gasteiger partial charge in [0, 0.05) is 29.9 Å². The van der Waals surface area contributed by atoms with Crippen LogP contribution in [0.1, 0.15) is 32.6 Å². The predicted molar refractivity (Wildman–Crippen MR) is 158 cm³/mol. The van der Waals surface area contributed by atoms with E-state index in [0.29, 0.717) is 41.1 Å². The third-order valence-corrected chi connectivity index (χ3v) is 6.65. The number of halogens is 1. The van der Waals surface area contributed by atoms with E-state index in [1.165, 1.54) is 17.7 Å². The number of anilines is 2. The Kier molecular flexibility index (Phi) is 8.03. The zero-order valence-electron chi connectivity index (χ0n) is 22.5. The molecule has 0 saturated carbocycles. The van der Waals surface area contributed by atoms with E-state index >= 15 is 0 Å². The van der Waals surface area contributed by atoms with Crippen molar-refractivity contribution in [2.45, 2.75) is 13.0 Å². The molecule has 6 nitrogen and oxygen atoms in total. The van der Waals surface area contributed by atoms with Crippen LogP contribution in [-0.2, 0) is 17.8 Å². The summed E-state index contributed by atoms with van der Waals surface area (Å²) in [5.74, 6) is -0.830. The monoisotopic (exact) mass is 534 g/mol. The van der Waals surface area contributed by atoms with Crippen molar-refractivity contribution in [2.75, 3.05) is 31.3 Å². The summed E-state index contributed by atoms with van der Waals surface area (Å²) in [6, 6.07) is 29.4. The van der Waals surface area contributed by atoms with Gasteiger partial charge in [-0.25, -0.2) is 4.39 Å². The molecule has 202 valence electrons. The highest BCUT2D eigenvalue weighted by molar-refractivity contribution is 6.37. The second-order valence-corrected chi connectivity index (χ2v) is 10.0. The fourth-order valence-electron chi connectivity index (χ4n) is 4.77. The van der Waals surface area contributed by atoms with Crippen molar-refractivity contribution in [1.29, 1.82) is 0 Å². The number of rotatable bonds is 9. The second-order valence-electron chi connectivity index (χ2n) is 10.0. The third-order valence-electron chi connectivity index (χ3n) is 6.65. The lowest BCUT2D eigenvalue weighted by atomic mass is 9.98. The number of carbonyl (C=O) groups excluding carboxylic acids is 2. The molecular formula is C33H31FN4O2. The Bertz CT molecular complexity index is 1560. The molecule has 1 aliphatic rings. The van der Waals surface area contributed by atoms with E-state index in [-0.39, 0.29) is 11.8 Å². The largest absolute Gasteiger partial charge is 0.354 e. The van der Waals surface area contributed by atoms with Gasteiger partial charge in [-0.15, -0.1) is 0 Å². The topological polar surface area (TPSA) is 73.5 Å². The van der Waals surface area contributed by atoms with Gasteiger partial charge in [-0.3, -0.25) is 9.59 Å². The summed E-state index contributed by atoms with van der Waals surface area (Å²) in [5, 5.41) is 9.24. The molecule has 0 unspecified atom stereocenters. The fraction of sp³-hybridized carbons (Fsp3) is 0.152. The van der Waals surface area contributed by atoms with Crippen molar-refractivity contribution in [1.82, 2.24) is 10.2 Å². The fourth-order valence-corrected chi connectivity index (χ4v) is 4.77. The number of fused-ring (bicyclic) bond motifs is 1. The molecule has 0 aliphatic carbocycles. The maximum atomic E-state index is 13.9. The molecule has 0 aromatic heterocycles. The lowest BCUT2D eigenvalue weighted by molar-refractivity contribution is -0.110. The average Bonchev–Trinajstić information content (AvgIpc) is 3.27. The minimum atomic E-state index is -0.411. The lowest BCUT2D eigenvalue weighted by Crippen LogP contribution is -2.25. The van der Waals surface area contributed by atoms with Crippen molar-refractivity contribution in [3.05, 3.63) is 131 Å². The van der Waals surface area contributed by atoms with Gasteiger partial charge >= 0.3 is 0 Å². The molecule has 40 heavy (non-hydrogen) atoms. The second kappa shape index (κ2) is 12.0. The standard InChI is InChI=1S/C33H31FN4O2/c1-38(2)21-23-11-14-27(15-12-23)36-31(30-28-16-13-26(34)20-29(28)37-33(30)40)25-10-6-7-22(19-25)17-18-35-32(39)24-8-4-3-5-9-24/h3-16,19-20,36H,17-18,21H2,1-2H3,(H,35,39)(H,37,40). The van der Waals surface area contributed by atoms with Gasteiger partial charge in [-0.05, 0) is 85.7 Å². The van der Waals surface area contributed by atoms with Crippen LogP contribution in [0.4, 0.5) is 15.8 Å². The van der Waals surface area contributed by atoms with Crippen LogP contribution in [0, 0.1) is 5.82 Å². The molecule has 0 atom stereocenters. The Balaban J connectivity index is 1.45. The van der Waals surface area contributed by atoms with Crippen molar-refractivity contribution >= 4 is 34.5 Å². The Morgan fingerprint density at radius 1 is 0.850 bits per heavy atom. The molecule has 0 bridgehead atoms. The summed E-state index contributed by atoms with van der Waals surface area (Å²) in [6.07, 6.45) is 0.613. The van der Waals surface area contributed by atoms with Gasteiger partial charge in [0.05, 0.1) is 17.0 Å². The Morgan fingerprint density at radius 2 is 1.60 bits per heavy atom. The molecule has 4 aromatic carbocycles. The van der Waals surface area contributed by atoms with Crippen LogP contribution in [0.2, 0.25) is 0 Å². The zero-order valence-corrected chi connectivity index (χ0v) is 22.5. The first kappa shape index (κ1) is 26.8. The number of nitrogens with zero attached hydrogens (tertiary/aromatic N) is 1. The molecule has 0 saturated heterocycles. The number of carbonyl (C=O) groups is 2. The highest BCUT2D eigenvalue weighted by atomic mass is 19.1. The summed E-state index contributed by atoms with van der Waals surface area (Å²) >= 11 is 0. The molecule has 5 rings (SSSR count). The number of amides is 2. The molecular weight excluding hydrogens is 503 g/mol. The quantitative estimate of drug-likeness (QED) is 0.238. The first-order valence-electron chi connectivity index (χ1n) is 13.2. The molecule has 1 aliphatic heterocycles. The summed E-state index contributed by atoms with van der Waals surface area (Å²) in [4.78, 5) is 27.7. The maximum Gasteiger partial charge on any atom is 0.258 e. The smallest absolute Gasteiger partial charge is 0.258 e. The summed E-state index contributed by atoms with van der Waals surface area (Å²) in [5.41, 5.74) is 6.58. The summed E-state index contributed by atoms with van der Waals surface area (Å²) in [6.45, 7) is 1.28. The van der Waals surface area contributed by atoms with Gasteiger partial charge in [0.1, 0.15) is 5.82 Å². The SMILES string of the molecule is CN(C)Cc1ccc(NC(=C2C(=O)Nc3cc(F)ccc32)c2cccc(CCNC(=O)c3ccccc3)c2)cc1. The maximum absolute atomic E-state index is 13.9. The molecule has 1 heterocycles.